The van der Waals surface area contributed by atoms with Crippen LogP contribution in [0, 0.1) is 24.2 Å². The van der Waals surface area contributed by atoms with Gasteiger partial charge in [-0.25, -0.2) is 13.1 Å². The minimum Gasteiger partial charge on any atom is -0.465 e. The highest BCUT2D eigenvalue weighted by atomic mass is 32.2. The van der Waals surface area contributed by atoms with E-state index in [0.717, 1.165) is 69.8 Å². The zero-order valence-corrected chi connectivity index (χ0v) is 27.0. The SMILES string of the molecule is CCCCCC[C@@H](NS(=O)(=O)c1ccc(C)cc1)[C@@H]1[C@H](C=C(CCCC)CCCC)C1(C(=O)OCC)C(=O)OCC. The van der Waals surface area contributed by atoms with E-state index in [1.165, 1.54) is 5.57 Å². The van der Waals surface area contributed by atoms with E-state index in [9.17, 15) is 18.0 Å². The largest absolute Gasteiger partial charge is 0.465 e. The third-order valence-corrected chi connectivity index (χ3v) is 9.62. The van der Waals surface area contributed by atoms with Gasteiger partial charge in [0.15, 0.2) is 5.41 Å². The summed E-state index contributed by atoms with van der Waals surface area (Å²) >= 11 is 0. The van der Waals surface area contributed by atoms with Crippen LogP contribution in [0.15, 0.2) is 40.8 Å². The zero-order chi connectivity index (χ0) is 30.5. The molecule has 0 heterocycles. The molecule has 1 N–H and O–H groups in total. The second kappa shape index (κ2) is 17.1. The molecule has 7 nitrogen and oxygen atoms in total. The summed E-state index contributed by atoms with van der Waals surface area (Å²) in [6, 6.07) is 6.08. The van der Waals surface area contributed by atoms with Crippen molar-refractivity contribution in [1.29, 1.82) is 0 Å². The first kappa shape index (κ1) is 35.0. The minimum atomic E-state index is -3.91. The highest BCUT2D eigenvalue weighted by Gasteiger charge is 2.77. The molecule has 0 amide bonds. The summed E-state index contributed by atoms with van der Waals surface area (Å²) < 4.78 is 41.2. The lowest BCUT2D eigenvalue weighted by Crippen LogP contribution is -2.41. The molecule has 1 aromatic carbocycles. The van der Waals surface area contributed by atoms with Gasteiger partial charge in [-0.2, -0.15) is 0 Å². The molecule has 3 atom stereocenters. The van der Waals surface area contributed by atoms with E-state index in [0.29, 0.717) is 6.42 Å². The van der Waals surface area contributed by atoms with Crippen molar-refractivity contribution in [2.45, 2.75) is 123 Å². The van der Waals surface area contributed by atoms with Crippen LogP contribution in [0.5, 0.6) is 0 Å². The molecular formula is C33H53NO6S. The molecule has 8 heteroatoms. The molecule has 1 saturated carbocycles. The maximum Gasteiger partial charge on any atom is 0.324 e. The number of hydrogen-bond acceptors (Lipinski definition) is 6. The van der Waals surface area contributed by atoms with Gasteiger partial charge in [-0.15, -0.1) is 0 Å². The molecule has 0 aromatic heterocycles. The number of carbonyl (C=O) groups is 2. The maximum absolute atomic E-state index is 13.7. The third-order valence-electron chi connectivity index (χ3n) is 8.11. The fourth-order valence-corrected chi connectivity index (χ4v) is 7.11. The molecule has 0 aliphatic heterocycles. The van der Waals surface area contributed by atoms with Crippen molar-refractivity contribution in [1.82, 2.24) is 4.72 Å². The molecule has 0 spiro atoms. The number of sulfonamides is 1. The Labute approximate surface area is 248 Å². The van der Waals surface area contributed by atoms with E-state index in [4.69, 9.17) is 9.47 Å². The Morgan fingerprint density at radius 3 is 1.88 bits per heavy atom. The highest BCUT2D eigenvalue weighted by Crippen LogP contribution is 2.64. The summed E-state index contributed by atoms with van der Waals surface area (Å²) in [6.45, 7) is 12.0. The van der Waals surface area contributed by atoms with Gasteiger partial charge < -0.3 is 9.47 Å². The van der Waals surface area contributed by atoms with Gasteiger partial charge in [-0.1, -0.05) is 88.6 Å². The fraction of sp³-hybridized carbons (Fsp3) is 0.697. The second-order valence-corrected chi connectivity index (χ2v) is 13.0. The van der Waals surface area contributed by atoms with Crippen molar-refractivity contribution in [2.75, 3.05) is 13.2 Å². The summed E-state index contributed by atoms with van der Waals surface area (Å²) in [4.78, 5) is 27.6. The van der Waals surface area contributed by atoms with E-state index < -0.39 is 45.3 Å². The summed E-state index contributed by atoms with van der Waals surface area (Å²) in [5, 5.41) is 0. The molecule has 0 bridgehead atoms. The van der Waals surface area contributed by atoms with Gasteiger partial charge in [0.2, 0.25) is 10.0 Å². The molecule has 1 aliphatic rings. The standard InChI is InChI=1S/C33H53NO6S/c1-7-12-15-16-19-29(34-41(37,38)27-22-20-25(6)21-23-27)30-28(24-26(17-13-8-2)18-14-9-3)33(30,31(35)39-10-4)32(36)40-11-5/h20-24,28-30,34H,7-19H2,1-6H3/t28-,29+,30-/m0/s1. The number of benzene rings is 1. The monoisotopic (exact) mass is 591 g/mol. The zero-order valence-electron chi connectivity index (χ0n) is 26.2. The molecule has 0 saturated heterocycles. The first-order valence-electron chi connectivity index (χ1n) is 15.8. The van der Waals surface area contributed by atoms with Gasteiger partial charge in [0.25, 0.3) is 0 Å². The van der Waals surface area contributed by atoms with Gasteiger partial charge in [0, 0.05) is 17.9 Å². The lowest BCUT2D eigenvalue weighted by molar-refractivity contribution is -0.165. The van der Waals surface area contributed by atoms with E-state index >= 15 is 0 Å². The molecule has 2 rings (SSSR count). The Morgan fingerprint density at radius 1 is 0.854 bits per heavy atom. The number of allylic oxidation sites excluding steroid dienone is 2. The number of aryl methyl sites for hydroxylation is 1. The second-order valence-electron chi connectivity index (χ2n) is 11.3. The third kappa shape index (κ3) is 9.15. The van der Waals surface area contributed by atoms with Crippen LogP contribution in [-0.4, -0.2) is 39.6 Å². The molecule has 41 heavy (non-hydrogen) atoms. The van der Waals surface area contributed by atoms with Crippen molar-refractivity contribution < 1.29 is 27.5 Å². The number of carbonyl (C=O) groups excluding carboxylic acids is 2. The summed E-state index contributed by atoms with van der Waals surface area (Å²) in [5.74, 6) is -2.34. The van der Waals surface area contributed by atoms with Crippen LogP contribution in [0.25, 0.3) is 0 Å². The van der Waals surface area contributed by atoms with E-state index in [-0.39, 0.29) is 18.1 Å². The normalized spacial score (nSPS) is 18.4. The predicted octanol–water partition coefficient (Wildman–Crippen LogP) is 7.28. The number of nitrogens with one attached hydrogen (secondary N) is 1. The van der Waals surface area contributed by atoms with Gasteiger partial charge in [-0.05, 0) is 65.0 Å². The number of ether oxygens (including phenoxy) is 2. The first-order valence-corrected chi connectivity index (χ1v) is 17.2. The summed E-state index contributed by atoms with van der Waals surface area (Å²) in [5.41, 5.74) is 0.606. The average Bonchev–Trinajstić information content (AvgIpc) is 3.61. The number of esters is 2. The smallest absolute Gasteiger partial charge is 0.324 e. The molecule has 232 valence electrons. The van der Waals surface area contributed by atoms with Crippen molar-refractivity contribution in [3.63, 3.8) is 0 Å². The van der Waals surface area contributed by atoms with Crippen molar-refractivity contribution in [2.24, 2.45) is 17.3 Å². The van der Waals surface area contributed by atoms with Gasteiger partial charge in [0.1, 0.15) is 0 Å². The first-order chi connectivity index (χ1) is 19.6. The highest BCUT2D eigenvalue weighted by molar-refractivity contribution is 7.89. The maximum atomic E-state index is 13.7. The van der Waals surface area contributed by atoms with Crippen LogP contribution < -0.4 is 4.72 Å². The van der Waals surface area contributed by atoms with E-state index in [2.05, 4.69) is 31.6 Å². The van der Waals surface area contributed by atoms with Gasteiger partial charge >= 0.3 is 11.9 Å². The van der Waals surface area contributed by atoms with Gasteiger partial charge in [-0.3, -0.25) is 9.59 Å². The Morgan fingerprint density at radius 2 is 1.39 bits per heavy atom. The van der Waals surface area contributed by atoms with E-state index in [1.807, 2.05) is 6.92 Å². The molecule has 1 aliphatic carbocycles. The molecule has 0 radical (unpaired) electrons. The van der Waals surface area contributed by atoms with Crippen molar-refractivity contribution >= 4 is 22.0 Å². The lowest BCUT2D eigenvalue weighted by atomic mass is 9.96. The number of unbranched alkanes of at least 4 members (excludes halogenated alkanes) is 5. The molecule has 1 fully saturated rings. The van der Waals surface area contributed by atoms with Crippen LogP contribution in [0.4, 0.5) is 0 Å². The van der Waals surface area contributed by atoms with Crippen LogP contribution >= 0.6 is 0 Å². The van der Waals surface area contributed by atoms with Crippen LogP contribution in [0.1, 0.15) is 111 Å². The Bertz CT molecular complexity index is 1070. The lowest BCUT2D eigenvalue weighted by Gasteiger charge is -2.22. The molecular weight excluding hydrogens is 538 g/mol. The van der Waals surface area contributed by atoms with Crippen molar-refractivity contribution in [3.05, 3.63) is 41.5 Å². The predicted molar refractivity (Wildman–Crippen MR) is 164 cm³/mol. The molecule has 1 aromatic rings. The minimum absolute atomic E-state index is 0.123. The summed E-state index contributed by atoms with van der Waals surface area (Å²) in [6.07, 6.45) is 12.3. The molecule has 0 unspecified atom stereocenters. The Balaban J connectivity index is 2.63. The number of rotatable bonds is 20. The number of hydrogen-bond donors (Lipinski definition) is 1. The van der Waals surface area contributed by atoms with Crippen LogP contribution in [0.2, 0.25) is 0 Å². The van der Waals surface area contributed by atoms with Gasteiger partial charge in [0.05, 0.1) is 18.1 Å². The average molecular weight is 592 g/mol. The van der Waals surface area contributed by atoms with Crippen LogP contribution in [-0.2, 0) is 29.1 Å². The summed E-state index contributed by atoms with van der Waals surface area (Å²) in [7, 11) is -3.91. The van der Waals surface area contributed by atoms with Crippen molar-refractivity contribution in [3.8, 4) is 0 Å². The van der Waals surface area contributed by atoms with E-state index in [1.54, 1.807) is 38.1 Å². The Kier molecular flexibility index (Phi) is 14.6. The van der Waals surface area contributed by atoms with Crippen LogP contribution in [0.3, 0.4) is 0 Å². The Hall–Kier alpha value is -2.19. The fourth-order valence-electron chi connectivity index (χ4n) is 5.81. The topological polar surface area (TPSA) is 98.8 Å². The quantitative estimate of drug-likeness (QED) is 0.0741.